The van der Waals surface area contributed by atoms with Crippen molar-refractivity contribution in [3.05, 3.63) is 12.7 Å². The lowest BCUT2D eigenvalue weighted by Gasteiger charge is -2.22. The van der Waals surface area contributed by atoms with Crippen LogP contribution in [0.4, 0.5) is 26.3 Å². The lowest BCUT2D eigenvalue weighted by Crippen LogP contribution is -2.45. The van der Waals surface area contributed by atoms with Gasteiger partial charge in [0.15, 0.2) is 0 Å². The molecule has 0 aromatic carbocycles. The Morgan fingerprint density at radius 3 is 2.00 bits per heavy atom. The topological polar surface area (TPSA) is 26.3 Å². The lowest BCUT2D eigenvalue weighted by atomic mass is 10.2. The second-order valence-corrected chi connectivity index (χ2v) is 2.37. The van der Waals surface area contributed by atoms with Crippen molar-refractivity contribution in [2.45, 2.75) is 24.9 Å². The van der Waals surface area contributed by atoms with Crippen LogP contribution in [0.2, 0.25) is 0 Å². The highest BCUT2D eigenvalue weighted by molar-refractivity contribution is 5.81. The molecule has 0 aliphatic rings. The van der Waals surface area contributed by atoms with Crippen molar-refractivity contribution in [1.29, 1.82) is 0 Å². The van der Waals surface area contributed by atoms with E-state index in [0.717, 1.165) is 0 Å². The molecule has 0 fully saturated rings. The zero-order valence-electron chi connectivity index (χ0n) is 7.10. The van der Waals surface area contributed by atoms with Crippen LogP contribution in [0.1, 0.15) is 0 Å². The van der Waals surface area contributed by atoms with Gasteiger partial charge in [-0.3, -0.25) is 0 Å². The van der Waals surface area contributed by atoms with Gasteiger partial charge in [-0.1, -0.05) is 6.58 Å². The molecule has 0 heterocycles. The molecule has 0 saturated heterocycles. The van der Waals surface area contributed by atoms with Crippen LogP contribution >= 0.6 is 0 Å². The number of alkyl halides is 6. The van der Waals surface area contributed by atoms with Crippen molar-refractivity contribution < 1.29 is 35.9 Å². The van der Waals surface area contributed by atoms with Crippen LogP contribution in [0, 0.1) is 0 Å². The minimum Gasteiger partial charge on any atom is -0.421 e. The second-order valence-electron chi connectivity index (χ2n) is 2.37. The fraction of sp³-hybridized carbons (Fsp3) is 0.571. The zero-order chi connectivity index (χ0) is 12.2. The molecule has 16 heavy (non-hydrogen) atoms. The monoisotopic (exact) mass is 268 g/mol. The summed E-state index contributed by atoms with van der Waals surface area (Å²) in [7, 11) is 0. The summed E-state index contributed by atoms with van der Waals surface area (Å²) in [5.74, 6) is -6.71. The average molecular weight is 268 g/mol. The predicted octanol–water partition coefficient (Wildman–Crippen LogP) is 0.798. The third kappa shape index (κ3) is 4.25. The van der Waals surface area contributed by atoms with Crippen LogP contribution in [0.25, 0.3) is 0 Å². The van der Waals surface area contributed by atoms with Crippen molar-refractivity contribution >= 4 is 16.9 Å². The van der Waals surface area contributed by atoms with Gasteiger partial charge in [0.1, 0.15) is 0 Å². The number of hydrogen-bond acceptors (Lipinski definition) is 2. The van der Waals surface area contributed by atoms with Gasteiger partial charge in [0, 0.05) is 6.08 Å². The van der Waals surface area contributed by atoms with Crippen molar-refractivity contribution in [2.75, 3.05) is 0 Å². The van der Waals surface area contributed by atoms with Crippen LogP contribution in [-0.4, -0.2) is 41.8 Å². The molecule has 0 aromatic rings. The number of carbonyl (C=O) groups is 1. The minimum atomic E-state index is -5.10. The van der Waals surface area contributed by atoms with Gasteiger partial charge in [-0.05, 0) is 11.0 Å². The fourth-order valence-electron chi connectivity index (χ4n) is 0.522. The first-order valence-corrected chi connectivity index (χ1v) is 3.50. The van der Waals surface area contributed by atoms with Crippen molar-refractivity contribution in [3.63, 3.8) is 0 Å². The Morgan fingerprint density at radius 1 is 1.25 bits per heavy atom. The maximum Gasteiger partial charge on any atom is 0.349 e. The third-order valence-corrected chi connectivity index (χ3v) is 1.28. The Labute approximate surface area is 91.3 Å². The summed E-state index contributed by atoms with van der Waals surface area (Å²) in [6, 6.07) is 0. The summed E-state index contributed by atoms with van der Waals surface area (Å²) in [6.45, 7) is 2.75. The van der Waals surface area contributed by atoms with Gasteiger partial charge in [-0.2, -0.15) is 13.2 Å². The van der Waals surface area contributed by atoms with Crippen molar-refractivity contribution in [3.8, 4) is 0 Å². The Morgan fingerprint density at radius 2 is 1.69 bits per heavy atom. The zero-order valence-corrected chi connectivity index (χ0v) is 7.10. The normalized spacial score (nSPS) is 14.9. The molecule has 0 amide bonds. The molecule has 0 aliphatic carbocycles. The Balaban J connectivity index is 0. The maximum atomic E-state index is 12.4. The number of rotatable bonds is 5. The molecule has 9 heteroatoms. The molecule has 0 aromatic heterocycles. The van der Waals surface area contributed by atoms with Gasteiger partial charge in [0.2, 0.25) is 6.17 Å². The van der Waals surface area contributed by atoms with Crippen LogP contribution in [-0.2, 0) is 9.53 Å². The molecule has 2 atom stereocenters. The lowest BCUT2D eigenvalue weighted by molar-refractivity contribution is -0.236. The molecular weight excluding hydrogens is 258 g/mol. The number of carbonyl (C=O) groups excluding carboxylic acids is 1. The molecule has 0 aliphatic heterocycles. The van der Waals surface area contributed by atoms with Crippen LogP contribution < -0.4 is 0 Å². The van der Waals surface area contributed by atoms with Crippen molar-refractivity contribution in [2.24, 2.45) is 0 Å². The summed E-state index contributed by atoms with van der Waals surface area (Å²) in [5.41, 5.74) is 0. The molecule has 0 radical (unpaired) electrons. The largest absolute Gasteiger partial charge is 0.421 e. The molecule has 0 bridgehead atoms. The van der Waals surface area contributed by atoms with E-state index < -0.39 is 30.8 Å². The van der Waals surface area contributed by atoms with E-state index in [0.29, 0.717) is 6.08 Å². The minimum absolute atomic E-state index is 0. The van der Waals surface area contributed by atoms with E-state index >= 15 is 0 Å². The molecule has 0 saturated carbocycles. The SMILES string of the molecule is C=CC(=O)OC(F)C(F)(F)C(F)C(F)F.[SiH4]. The van der Waals surface area contributed by atoms with E-state index in [4.69, 9.17) is 0 Å². The average Bonchev–Trinajstić information content (AvgIpc) is 2.15. The van der Waals surface area contributed by atoms with E-state index in [1.165, 1.54) is 0 Å². The quantitative estimate of drug-likeness (QED) is 0.319. The summed E-state index contributed by atoms with van der Waals surface area (Å²) < 4.78 is 75.7. The van der Waals surface area contributed by atoms with Crippen LogP contribution in [0.3, 0.4) is 0 Å². The van der Waals surface area contributed by atoms with Crippen molar-refractivity contribution in [1.82, 2.24) is 0 Å². The summed E-state index contributed by atoms with van der Waals surface area (Å²) in [4.78, 5) is 10.2. The Hall–Kier alpha value is -0.993. The molecule has 2 nitrogen and oxygen atoms in total. The first kappa shape index (κ1) is 17.4. The number of ether oxygens (including phenoxy) is 1. The Bertz CT molecular complexity index is 247. The van der Waals surface area contributed by atoms with Gasteiger partial charge >= 0.3 is 18.2 Å². The standard InChI is InChI=1S/C7H6F6O2.H4Si/c1-2-3(14)15-6(11)7(12,13)4(8)5(9)10;/h2,4-6H,1H2;1H4. The highest BCUT2D eigenvalue weighted by Gasteiger charge is 2.55. The van der Waals surface area contributed by atoms with Crippen LogP contribution in [0.5, 0.6) is 0 Å². The first-order valence-electron chi connectivity index (χ1n) is 3.50. The number of halogens is 6. The smallest absolute Gasteiger partial charge is 0.349 e. The van der Waals surface area contributed by atoms with E-state index in [1.807, 2.05) is 0 Å². The second kappa shape index (κ2) is 6.56. The number of hydrogen-bond donors (Lipinski definition) is 0. The molecule has 0 N–H and O–H groups in total. The maximum absolute atomic E-state index is 12.4. The fourth-order valence-corrected chi connectivity index (χ4v) is 0.522. The summed E-state index contributed by atoms with van der Waals surface area (Å²) in [6.07, 6.45) is -11.6. The van der Waals surface area contributed by atoms with Gasteiger partial charge in [-0.25, -0.2) is 18.0 Å². The van der Waals surface area contributed by atoms with Gasteiger partial charge in [-0.15, -0.1) is 0 Å². The number of esters is 1. The van der Waals surface area contributed by atoms with Gasteiger partial charge < -0.3 is 4.74 Å². The van der Waals surface area contributed by atoms with E-state index in [-0.39, 0.29) is 11.0 Å². The molecule has 2 unspecified atom stereocenters. The van der Waals surface area contributed by atoms with Gasteiger partial charge in [0.25, 0.3) is 6.43 Å². The first-order chi connectivity index (χ1) is 6.73. The van der Waals surface area contributed by atoms with Crippen LogP contribution in [0.15, 0.2) is 12.7 Å². The molecule has 0 rings (SSSR count). The Kier molecular flexibility index (Phi) is 7.13. The predicted molar refractivity (Wildman–Crippen MR) is 48.4 cm³/mol. The summed E-state index contributed by atoms with van der Waals surface area (Å²) >= 11 is 0. The molecule has 0 spiro atoms. The van der Waals surface area contributed by atoms with E-state index in [2.05, 4.69) is 11.3 Å². The molecular formula is C7H10F6O2Si. The third-order valence-electron chi connectivity index (χ3n) is 1.28. The summed E-state index contributed by atoms with van der Waals surface area (Å²) in [5, 5.41) is 0. The van der Waals surface area contributed by atoms with E-state index in [9.17, 15) is 31.1 Å². The highest BCUT2D eigenvalue weighted by atomic mass is 28.1. The highest BCUT2D eigenvalue weighted by Crippen LogP contribution is 2.32. The van der Waals surface area contributed by atoms with E-state index in [1.54, 1.807) is 0 Å². The molecule has 96 valence electrons. The van der Waals surface area contributed by atoms with Gasteiger partial charge in [0.05, 0.1) is 0 Å².